The van der Waals surface area contributed by atoms with Crippen LogP contribution in [0.4, 0.5) is 5.69 Å². The molecule has 0 aliphatic rings. The van der Waals surface area contributed by atoms with Crippen LogP contribution in [0.2, 0.25) is 0 Å². The molecule has 0 saturated carbocycles. The number of nitriles is 1. The molecule has 2 N–H and O–H groups in total. The summed E-state index contributed by atoms with van der Waals surface area (Å²) in [7, 11) is -1.39. The molecule has 0 saturated heterocycles. The number of pyridine rings is 1. The second kappa shape index (κ2) is 3.83. The average Bonchev–Trinajstić information content (AvgIpc) is 2.05. The van der Waals surface area contributed by atoms with E-state index in [2.05, 4.69) is 4.98 Å². The number of rotatable bonds is 2. The molecule has 0 amide bonds. The van der Waals surface area contributed by atoms with Crippen molar-refractivity contribution in [2.45, 2.75) is 5.03 Å². The van der Waals surface area contributed by atoms with Crippen LogP contribution in [0.25, 0.3) is 0 Å². The van der Waals surface area contributed by atoms with Crippen molar-refractivity contribution in [3.05, 3.63) is 18.3 Å². The van der Waals surface area contributed by atoms with Crippen LogP contribution in [0.5, 0.6) is 0 Å². The molecule has 1 heterocycles. The predicted molar refractivity (Wildman–Crippen MR) is 45.5 cm³/mol. The summed E-state index contributed by atoms with van der Waals surface area (Å²) in [5.41, 5.74) is 5.85. The molecular weight excluding hydrogens is 174 g/mol. The maximum Gasteiger partial charge on any atom is 0.151 e. The summed E-state index contributed by atoms with van der Waals surface area (Å²) in [5, 5.41) is 8.57. The SMILES string of the molecule is N#CCS(=O)c1ncccc1N. The van der Waals surface area contributed by atoms with E-state index in [0.717, 1.165) is 0 Å². The van der Waals surface area contributed by atoms with Gasteiger partial charge in [-0.1, -0.05) is 0 Å². The Morgan fingerprint density at radius 2 is 2.50 bits per heavy atom. The number of aromatic nitrogens is 1. The molecule has 0 bridgehead atoms. The predicted octanol–water partition coefficient (Wildman–Crippen LogP) is 0.295. The molecule has 5 heteroatoms. The van der Waals surface area contributed by atoms with Gasteiger partial charge in [-0.2, -0.15) is 5.26 Å². The number of hydrogen-bond donors (Lipinski definition) is 1. The van der Waals surface area contributed by atoms with Gasteiger partial charge in [0.2, 0.25) is 0 Å². The van der Waals surface area contributed by atoms with E-state index >= 15 is 0 Å². The highest BCUT2D eigenvalue weighted by molar-refractivity contribution is 7.85. The average molecular weight is 181 g/mol. The maximum atomic E-state index is 11.2. The molecule has 1 atom stereocenters. The monoisotopic (exact) mass is 181 g/mol. The fraction of sp³-hybridized carbons (Fsp3) is 0.143. The van der Waals surface area contributed by atoms with Gasteiger partial charge in [0.05, 0.1) is 22.6 Å². The molecule has 0 aromatic carbocycles. The lowest BCUT2D eigenvalue weighted by molar-refractivity contribution is 0.683. The zero-order valence-electron chi connectivity index (χ0n) is 6.23. The van der Waals surface area contributed by atoms with Crippen LogP contribution >= 0.6 is 0 Å². The second-order valence-corrected chi connectivity index (χ2v) is 3.41. The standard InChI is InChI=1S/C7H7N3OS/c8-3-5-12(11)7-6(9)2-1-4-10-7/h1-2,4H,5,9H2. The molecule has 12 heavy (non-hydrogen) atoms. The highest BCUT2D eigenvalue weighted by atomic mass is 32.2. The lowest BCUT2D eigenvalue weighted by atomic mass is 10.4. The molecule has 0 aliphatic heterocycles. The first kappa shape index (κ1) is 8.68. The highest BCUT2D eigenvalue weighted by Crippen LogP contribution is 2.11. The van der Waals surface area contributed by atoms with E-state index in [1.54, 1.807) is 18.2 Å². The minimum atomic E-state index is -1.39. The van der Waals surface area contributed by atoms with Crippen LogP contribution in [0.1, 0.15) is 0 Å². The van der Waals surface area contributed by atoms with Gasteiger partial charge in [-0.15, -0.1) is 0 Å². The molecule has 0 aliphatic carbocycles. The van der Waals surface area contributed by atoms with Crippen molar-refractivity contribution in [2.24, 2.45) is 0 Å². The fourth-order valence-corrected chi connectivity index (χ4v) is 1.48. The van der Waals surface area contributed by atoms with Crippen molar-refractivity contribution in [3.63, 3.8) is 0 Å². The van der Waals surface area contributed by atoms with Gasteiger partial charge < -0.3 is 5.73 Å². The third kappa shape index (κ3) is 1.80. The van der Waals surface area contributed by atoms with Crippen molar-refractivity contribution in [1.29, 1.82) is 5.26 Å². The molecule has 0 spiro atoms. The summed E-state index contributed by atoms with van der Waals surface area (Å²) in [6, 6.07) is 5.06. The van der Waals surface area contributed by atoms with Crippen LogP contribution in [-0.2, 0) is 10.8 Å². The molecule has 1 unspecified atom stereocenters. The van der Waals surface area contributed by atoms with E-state index in [1.807, 2.05) is 0 Å². The lowest BCUT2D eigenvalue weighted by Gasteiger charge is -1.99. The first-order valence-electron chi connectivity index (χ1n) is 3.21. The Balaban J connectivity index is 2.97. The molecule has 0 radical (unpaired) electrons. The summed E-state index contributed by atoms with van der Waals surface area (Å²) in [4.78, 5) is 3.82. The summed E-state index contributed by atoms with van der Waals surface area (Å²) >= 11 is 0. The van der Waals surface area contributed by atoms with Crippen LogP contribution in [-0.4, -0.2) is 14.9 Å². The lowest BCUT2D eigenvalue weighted by Crippen LogP contribution is -2.02. The first-order chi connectivity index (χ1) is 5.75. The van der Waals surface area contributed by atoms with Crippen molar-refractivity contribution in [1.82, 2.24) is 4.98 Å². The quantitative estimate of drug-likeness (QED) is 0.711. The summed E-state index contributed by atoms with van der Waals surface area (Å²) in [5.74, 6) is -0.0682. The smallest absolute Gasteiger partial charge is 0.151 e. The normalized spacial score (nSPS) is 11.9. The van der Waals surface area contributed by atoms with E-state index in [0.29, 0.717) is 10.7 Å². The van der Waals surface area contributed by atoms with E-state index in [4.69, 9.17) is 11.0 Å². The first-order valence-corrected chi connectivity index (χ1v) is 4.53. The van der Waals surface area contributed by atoms with Crippen LogP contribution in [0, 0.1) is 11.3 Å². The third-order valence-corrected chi connectivity index (χ3v) is 2.38. The molecule has 1 aromatic rings. The Bertz CT molecular complexity index is 345. The van der Waals surface area contributed by atoms with E-state index in [1.165, 1.54) is 6.20 Å². The van der Waals surface area contributed by atoms with Gasteiger partial charge in [-0.05, 0) is 12.1 Å². The zero-order valence-corrected chi connectivity index (χ0v) is 7.04. The van der Waals surface area contributed by atoms with E-state index < -0.39 is 10.8 Å². The van der Waals surface area contributed by atoms with Crippen molar-refractivity contribution in [3.8, 4) is 6.07 Å². The van der Waals surface area contributed by atoms with E-state index in [9.17, 15) is 4.21 Å². The van der Waals surface area contributed by atoms with Crippen LogP contribution < -0.4 is 5.73 Å². The van der Waals surface area contributed by atoms with Crippen molar-refractivity contribution in [2.75, 3.05) is 11.5 Å². The molecule has 1 aromatic heterocycles. The van der Waals surface area contributed by atoms with Gasteiger partial charge in [0.15, 0.2) is 5.03 Å². The van der Waals surface area contributed by atoms with Crippen molar-refractivity contribution >= 4 is 16.5 Å². The van der Waals surface area contributed by atoms with Crippen LogP contribution in [0.3, 0.4) is 0 Å². The van der Waals surface area contributed by atoms with Gasteiger partial charge in [0.1, 0.15) is 5.75 Å². The largest absolute Gasteiger partial charge is 0.396 e. The Morgan fingerprint density at radius 1 is 1.75 bits per heavy atom. The molecule has 0 fully saturated rings. The number of nitrogen functional groups attached to an aromatic ring is 1. The Labute approximate surface area is 72.5 Å². The highest BCUT2D eigenvalue weighted by Gasteiger charge is 2.07. The van der Waals surface area contributed by atoms with Gasteiger partial charge >= 0.3 is 0 Å². The fourth-order valence-electron chi connectivity index (χ4n) is 0.720. The molecule has 4 nitrogen and oxygen atoms in total. The van der Waals surface area contributed by atoms with Gasteiger partial charge in [-0.3, -0.25) is 4.21 Å². The third-order valence-electron chi connectivity index (χ3n) is 1.21. The van der Waals surface area contributed by atoms with Crippen LogP contribution in [0.15, 0.2) is 23.4 Å². The number of anilines is 1. The Morgan fingerprint density at radius 3 is 3.08 bits per heavy atom. The zero-order chi connectivity index (χ0) is 8.97. The molecule has 1 rings (SSSR count). The molecular formula is C7H7N3OS. The number of nitrogens with zero attached hydrogens (tertiary/aromatic N) is 2. The second-order valence-electron chi connectivity index (χ2n) is 2.05. The Kier molecular flexibility index (Phi) is 2.77. The Hall–Kier alpha value is -1.41. The maximum absolute atomic E-state index is 11.2. The minimum absolute atomic E-state index is 0.0682. The summed E-state index contributed by atoms with van der Waals surface area (Å²) in [6.45, 7) is 0. The number of hydrogen-bond acceptors (Lipinski definition) is 4. The van der Waals surface area contributed by atoms with Gasteiger partial charge in [0.25, 0.3) is 0 Å². The van der Waals surface area contributed by atoms with Crippen molar-refractivity contribution < 1.29 is 4.21 Å². The molecule has 62 valence electrons. The summed E-state index contributed by atoms with van der Waals surface area (Å²) in [6.07, 6.45) is 1.50. The van der Waals surface area contributed by atoms with E-state index in [-0.39, 0.29) is 5.75 Å². The summed E-state index contributed by atoms with van der Waals surface area (Å²) < 4.78 is 11.2. The van der Waals surface area contributed by atoms with Gasteiger partial charge in [0, 0.05) is 6.20 Å². The van der Waals surface area contributed by atoms with Gasteiger partial charge in [-0.25, -0.2) is 4.98 Å². The number of nitrogens with two attached hydrogens (primary N) is 1. The topological polar surface area (TPSA) is 79.8 Å². The minimum Gasteiger partial charge on any atom is -0.396 e.